The van der Waals surface area contributed by atoms with Crippen molar-refractivity contribution in [3.05, 3.63) is 70.7 Å². The molecule has 232 valence electrons. The minimum atomic E-state index is -0.660. The first-order chi connectivity index (χ1) is 21.8. The van der Waals surface area contributed by atoms with Gasteiger partial charge in [-0.15, -0.1) is 0 Å². The van der Waals surface area contributed by atoms with Crippen molar-refractivity contribution in [2.24, 2.45) is 0 Å². The Balaban J connectivity index is 1.26. The van der Waals surface area contributed by atoms with E-state index >= 15 is 4.39 Å². The number of halogens is 4. The van der Waals surface area contributed by atoms with E-state index in [2.05, 4.69) is 21.4 Å². The minimum Gasteiger partial charge on any atom is -0.461 e. The van der Waals surface area contributed by atoms with Crippen LogP contribution in [-0.2, 0) is 4.79 Å². The SMILES string of the molecule is C=CC(=O)N1CC[C@H]2[C@H]1CN2c1nc(OCC23CCCN2CCC3)nc2c(F)c(-c3cccc4ccc(F)c(Cl)c34)c(Cl)cc12. The first-order valence-electron chi connectivity index (χ1n) is 15.4. The van der Waals surface area contributed by atoms with Gasteiger partial charge in [-0.1, -0.05) is 54.0 Å². The quantitative estimate of drug-likeness (QED) is 0.209. The van der Waals surface area contributed by atoms with Gasteiger partial charge in [0.15, 0.2) is 5.82 Å². The molecule has 4 aromatic rings. The van der Waals surface area contributed by atoms with Crippen molar-refractivity contribution >= 4 is 56.6 Å². The molecule has 0 saturated carbocycles. The zero-order chi connectivity index (χ0) is 31.0. The molecule has 4 saturated heterocycles. The predicted molar refractivity (Wildman–Crippen MR) is 172 cm³/mol. The molecular formula is C34H31Cl2F2N5O2. The van der Waals surface area contributed by atoms with E-state index in [-0.39, 0.29) is 50.7 Å². The van der Waals surface area contributed by atoms with Gasteiger partial charge in [0.05, 0.1) is 27.7 Å². The van der Waals surface area contributed by atoms with E-state index in [4.69, 9.17) is 32.9 Å². The van der Waals surface area contributed by atoms with E-state index in [1.165, 1.54) is 12.1 Å². The Bertz CT molecular complexity index is 1890. The van der Waals surface area contributed by atoms with Crippen molar-refractivity contribution in [2.45, 2.75) is 49.7 Å². The topological polar surface area (TPSA) is 61.8 Å². The van der Waals surface area contributed by atoms with Crippen molar-refractivity contribution in [1.29, 1.82) is 0 Å². The number of amides is 1. The molecule has 4 fully saturated rings. The molecule has 4 aliphatic rings. The van der Waals surface area contributed by atoms with Gasteiger partial charge in [-0.25, -0.2) is 8.78 Å². The largest absolute Gasteiger partial charge is 0.461 e. The van der Waals surface area contributed by atoms with E-state index in [1.54, 1.807) is 30.3 Å². The van der Waals surface area contributed by atoms with Gasteiger partial charge in [0.25, 0.3) is 0 Å². The van der Waals surface area contributed by atoms with Crippen LogP contribution in [0.3, 0.4) is 0 Å². The lowest BCUT2D eigenvalue weighted by atomic mass is 9.94. The maximum absolute atomic E-state index is 16.9. The highest BCUT2D eigenvalue weighted by Gasteiger charge is 2.50. The molecule has 4 aliphatic heterocycles. The molecule has 5 heterocycles. The maximum Gasteiger partial charge on any atom is 0.319 e. The van der Waals surface area contributed by atoms with Crippen molar-refractivity contribution in [3.63, 3.8) is 0 Å². The summed E-state index contributed by atoms with van der Waals surface area (Å²) in [5, 5.41) is 1.50. The van der Waals surface area contributed by atoms with E-state index in [1.807, 2.05) is 4.90 Å². The summed E-state index contributed by atoms with van der Waals surface area (Å²) in [6.07, 6.45) is 6.42. The molecule has 1 amide bonds. The van der Waals surface area contributed by atoms with Crippen molar-refractivity contribution in [2.75, 3.05) is 37.7 Å². The number of ether oxygens (including phenoxy) is 1. The second-order valence-electron chi connectivity index (χ2n) is 12.6. The van der Waals surface area contributed by atoms with Crippen LogP contribution in [0.25, 0.3) is 32.8 Å². The molecule has 7 nitrogen and oxygen atoms in total. The van der Waals surface area contributed by atoms with E-state index in [9.17, 15) is 9.18 Å². The highest BCUT2D eigenvalue weighted by atomic mass is 35.5. The molecule has 0 N–H and O–H groups in total. The summed E-state index contributed by atoms with van der Waals surface area (Å²) in [6.45, 7) is 7.31. The standard InChI is InChI=1S/C34H31Cl2F2N5O2/c1-2-26(44)42-15-10-24-25(42)17-43(24)32-21-16-22(35)28(20-7-3-6-19-8-9-23(37)29(36)27(19)20)30(38)31(21)39-33(40-32)45-18-34-11-4-13-41(34)14-5-12-34/h2-3,6-9,16,24-25H,1,4-5,10-15,17-18H2/t24-,25+/m0/s1. The molecule has 0 unspecified atom stereocenters. The summed E-state index contributed by atoms with van der Waals surface area (Å²) in [7, 11) is 0. The molecule has 3 aromatic carbocycles. The molecule has 11 heteroatoms. The number of anilines is 1. The first kappa shape index (κ1) is 28.9. The van der Waals surface area contributed by atoms with Crippen molar-refractivity contribution in [1.82, 2.24) is 19.8 Å². The van der Waals surface area contributed by atoms with Gasteiger partial charge in [0.1, 0.15) is 23.8 Å². The molecule has 0 spiro atoms. The Morgan fingerprint density at radius 3 is 2.67 bits per heavy atom. The normalized spacial score (nSPS) is 22.1. The number of carbonyl (C=O) groups excluding carboxylic acids is 1. The van der Waals surface area contributed by atoms with Gasteiger partial charge in [0.2, 0.25) is 5.91 Å². The summed E-state index contributed by atoms with van der Waals surface area (Å²) in [4.78, 5) is 28.4. The summed E-state index contributed by atoms with van der Waals surface area (Å²) in [5.74, 6) is -0.841. The summed E-state index contributed by atoms with van der Waals surface area (Å²) < 4.78 is 37.9. The lowest BCUT2D eigenvalue weighted by Gasteiger charge is -2.47. The Labute approximate surface area is 269 Å². The van der Waals surface area contributed by atoms with Gasteiger partial charge in [-0.2, -0.15) is 9.97 Å². The lowest BCUT2D eigenvalue weighted by molar-refractivity contribution is -0.127. The van der Waals surface area contributed by atoms with E-state index < -0.39 is 11.6 Å². The molecule has 0 bridgehead atoms. The predicted octanol–water partition coefficient (Wildman–Crippen LogP) is 7.02. The van der Waals surface area contributed by atoms with Gasteiger partial charge in [-0.3, -0.25) is 9.69 Å². The number of rotatable bonds is 6. The number of hydrogen-bond donors (Lipinski definition) is 0. The van der Waals surface area contributed by atoms with Crippen LogP contribution in [-0.4, -0.2) is 76.1 Å². The van der Waals surface area contributed by atoms with Crippen LogP contribution >= 0.6 is 23.2 Å². The van der Waals surface area contributed by atoms with Crippen LogP contribution < -0.4 is 9.64 Å². The summed E-state index contributed by atoms with van der Waals surface area (Å²) >= 11 is 13.3. The maximum atomic E-state index is 16.9. The second kappa shape index (κ2) is 10.8. The average Bonchev–Trinajstić information content (AvgIpc) is 3.71. The highest BCUT2D eigenvalue weighted by Crippen LogP contribution is 2.46. The molecular weight excluding hydrogens is 619 g/mol. The molecule has 0 aliphatic carbocycles. The van der Waals surface area contributed by atoms with E-state index in [0.29, 0.717) is 47.2 Å². The fourth-order valence-electron chi connectivity index (χ4n) is 8.12. The fourth-order valence-corrected chi connectivity index (χ4v) is 8.69. The van der Waals surface area contributed by atoms with Crippen LogP contribution in [0.15, 0.2) is 49.1 Å². The number of nitrogens with zero attached hydrogens (tertiary/aromatic N) is 5. The zero-order valence-corrected chi connectivity index (χ0v) is 26.1. The third-order valence-corrected chi connectivity index (χ3v) is 11.0. The van der Waals surface area contributed by atoms with Gasteiger partial charge in [-0.05, 0) is 74.4 Å². The van der Waals surface area contributed by atoms with Gasteiger partial charge in [0, 0.05) is 29.4 Å². The number of likely N-dealkylation sites (tertiary alicyclic amines) is 1. The average molecular weight is 651 g/mol. The third-order valence-electron chi connectivity index (χ3n) is 10.4. The number of fused-ring (bicyclic) bond motifs is 4. The minimum absolute atomic E-state index is 0.0139. The van der Waals surface area contributed by atoms with Crippen LogP contribution in [0.2, 0.25) is 10.0 Å². The Morgan fingerprint density at radius 2 is 1.89 bits per heavy atom. The molecule has 0 radical (unpaired) electrons. The highest BCUT2D eigenvalue weighted by molar-refractivity contribution is 6.38. The zero-order valence-electron chi connectivity index (χ0n) is 24.5. The first-order valence-corrected chi connectivity index (χ1v) is 16.2. The fraction of sp³-hybridized carbons (Fsp3) is 0.382. The number of carbonyl (C=O) groups is 1. The number of benzene rings is 3. The van der Waals surface area contributed by atoms with Gasteiger partial charge >= 0.3 is 6.01 Å². The van der Waals surface area contributed by atoms with Crippen molar-refractivity contribution < 1.29 is 18.3 Å². The molecule has 1 aromatic heterocycles. The second-order valence-corrected chi connectivity index (χ2v) is 13.3. The lowest BCUT2D eigenvalue weighted by Crippen LogP contribution is -2.63. The smallest absolute Gasteiger partial charge is 0.319 e. The summed E-state index contributed by atoms with van der Waals surface area (Å²) in [6, 6.07) is 9.93. The van der Waals surface area contributed by atoms with Crippen LogP contribution in [0.1, 0.15) is 32.1 Å². The van der Waals surface area contributed by atoms with Crippen LogP contribution in [0.5, 0.6) is 6.01 Å². The molecule has 45 heavy (non-hydrogen) atoms. The number of aromatic nitrogens is 2. The van der Waals surface area contributed by atoms with Gasteiger partial charge < -0.3 is 14.5 Å². The summed E-state index contributed by atoms with van der Waals surface area (Å²) in [5.41, 5.74) is 0.463. The van der Waals surface area contributed by atoms with Crippen molar-refractivity contribution in [3.8, 4) is 17.1 Å². The van der Waals surface area contributed by atoms with Crippen LogP contribution in [0.4, 0.5) is 14.6 Å². The third kappa shape index (κ3) is 4.42. The van der Waals surface area contributed by atoms with Crippen LogP contribution in [0, 0.1) is 11.6 Å². The Morgan fingerprint density at radius 1 is 1.09 bits per heavy atom. The Hall–Kier alpha value is -3.53. The molecule has 8 rings (SSSR count). The monoisotopic (exact) mass is 649 g/mol. The Kier molecular flexibility index (Phi) is 6.93. The van der Waals surface area contributed by atoms with E-state index in [0.717, 1.165) is 45.2 Å². The number of hydrogen-bond acceptors (Lipinski definition) is 6. The molecule has 2 atom stereocenters.